The minimum atomic E-state index is 1.11. The Morgan fingerprint density at radius 3 is 1.47 bits per heavy atom. The van der Waals surface area contributed by atoms with E-state index in [1.807, 2.05) is 0 Å². The number of para-hydroxylation sites is 3. The average Bonchev–Trinajstić information content (AvgIpc) is 3.63. The largest absolute Gasteiger partial charge is 0.309 e. The molecule has 1 aromatic heterocycles. The van der Waals surface area contributed by atoms with E-state index >= 15 is 0 Å². The fraction of sp³-hybridized carbons (Fsp3) is 0. The molecule has 0 spiro atoms. The fourth-order valence-corrected chi connectivity index (χ4v) is 10.1. The second-order valence-electron chi connectivity index (χ2n) is 15.7. The number of aromatic nitrogens is 1. The van der Waals surface area contributed by atoms with Crippen molar-refractivity contribution in [3.8, 4) is 16.8 Å². The van der Waals surface area contributed by atoms with E-state index in [2.05, 4.69) is 216 Å². The van der Waals surface area contributed by atoms with E-state index in [4.69, 9.17) is 0 Å². The van der Waals surface area contributed by atoms with Gasteiger partial charge in [0.25, 0.3) is 0 Å². The molecule has 1 heterocycles. The van der Waals surface area contributed by atoms with Crippen LogP contribution >= 0.6 is 0 Å². The van der Waals surface area contributed by atoms with E-state index in [0.29, 0.717) is 0 Å². The molecule has 2 heteroatoms. The molecule has 0 fully saturated rings. The van der Waals surface area contributed by atoms with Crippen molar-refractivity contribution < 1.29 is 0 Å². The van der Waals surface area contributed by atoms with E-state index < -0.39 is 0 Å². The van der Waals surface area contributed by atoms with Crippen LogP contribution in [0.2, 0.25) is 0 Å². The van der Waals surface area contributed by atoms with Crippen LogP contribution in [0.25, 0.3) is 103 Å². The summed E-state index contributed by atoms with van der Waals surface area (Å²) >= 11 is 0. The highest BCUT2D eigenvalue weighted by Crippen LogP contribution is 2.49. The van der Waals surface area contributed by atoms with E-state index in [1.54, 1.807) is 0 Å². The third-order valence-corrected chi connectivity index (χ3v) is 12.6. The SMILES string of the molecule is c1ccc(-n2c3ccccc3c3cccc(-c4cccc(N(c5ccc6ccc7cccc8ccc5c6c78)c5ccc6ccc7cccc8ccc5c6c78)c4)c32)cc1. The van der Waals surface area contributed by atoms with Crippen LogP contribution in [0.15, 0.2) is 206 Å². The zero-order valence-corrected chi connectivity index (χ0v) is 31.5. The first kappa shape index (κ1) is 31.5. The Morgan fingerprint density at radius 1 is 0.328 bits per heavy atom. The molecule has 0 aliphatic rings. The molecule has 58 heavy (non-hydrogen) atoms. The Kier molecular flexibility index (Phi) is 6.47. The Balaban J connectivity index is 1.12. The number of rotatable bonds is 5. The van der Waals surface area contributed by atoms with Gasteiger partial charge in [0.15, 0.2) is 0 Å². The molecule has 13 rings (SSSR count). The van der Waals surface area contributed by atoms with Gasteiger partial charge in [0.2, 0.25) is 0 Å². The Morgan fingerprint density at radius 2 is 0.828 bits per heavy atom. The third kappa shape index (κ3) is 4.37. The summed E-state index contributed by atoms with van der Waals surface area (Å²) in [6, 6.07) is 76.5. The van der Waals surface area contributed by atoms with Gasteiger partial charge in [-0.2, -0.15) is 0 Å². The number of hydrogen-bond acceptors (Lipinski definition) is 1. The Labute approximate surface area is 334 Å². The van der Waals surface area contributed by atoms with Crippen molar-refractivity contribution in [1.29, 1.82) is 0 Å². The molecule has 13 aromatic rings. The van der Waals surface area contributed by atoms with Crippen LogP contribution < -0.4 is 4.90 Å². The van der Waals surface area contributed by atoms with Crippen LogP contribution in [0, 0.1) is 0 Å². The molecule has 0 aliphatic carbocycles. The van der Waals surface area contributed by atoms with E-state index in [9.17, 15) is 0 Å². The van der Waals surface area contributed by atoms with Gasteiger partial charge in [-0.3, -0.25) is 0 Å². The van der Waals surface area contributed by atoms with Crippen LogP contribution in [-0.4, -0.2) is 4.57 Å². The lowest BCUT2D eigenvalue weighted by atomic mass is 9.91. The summed E-state index contributed by atoms with van der Waals surface area (Å²) in [4.78, 5) is 2.52. The molecular formula is C56H34N2. The second kappa shape index (κ2) is 11.9. The van der Waals surface area contributed by atoms with Gasteiger partial charge >= 0.3 is 0 Å². The van der Waals surface area contributed by atoms with Gasteiger partial charge in [-0.05, 0) is 102 Å². The number of anilines is 3. The zero-order chi connectivity index (χ0) is 37.9. The standard InChI is InChI=1S/C56H34N2/c1-2-15-42(16-3-1)58-49-21-5-4-18-45(49)46-20-9-19-44(56(46)58)41-14-8-17-43(34-41)57(50-32-28-39-24-22-35-10-6-12-37-26-30-47(50)54(39)52(35)37)51-33-29-40-25-23-36-11-7-13-38-27-31-48(51)55(40)53(36)38/h1-34H. The third-order valence-electron chi connectivity index (χ3n) is 12.6. The Bertz CT molecular complexity index is 3560. The first-order valence-electron chi connectivity index (χ1n) is 20.1. The highest BCUT2D eigenvalue weighted by atomic mass is 15.1. The molecule has 0 unspecified atom stereocenters. The molecule has 0 saturated carbocycles. The average molecular weight is 735 g/mol. The minimum absolute atomic E-state index is 1.11. The lowest BCUT2D eigenvalue weighted by Crippen LogP contribution is -2.11. The summed E-state index contributed by atoms with van der Waals surface area (Å²) in [6.07, 6.45) is 0. The van der Waals surface area contributed by atoms with Crippen molar-refractivity contribution in [2.45, 2.75) is 0 Å². The summed E-state index contributed by atoms with van der Waals surface area (Å²) < 4.78 is 2.44. The number of hydrogen-bond donors (Lipinski definition) is 0. The van der Waals surface area contributed by atoms with Gasteiger partial charge in [-0.15, -0.1) is 0 Å². The second-order valence-corrected chi connectivity index (χ2v) is 15.7. The number of fused-ring (bicyclic) bond motifs is 3. The highest BCUT2D eigenvalue weighted by Gasteiger charge is 2.23. The quantitative estimate of drug-likeness (QED) is 0.160. The van der Waals surface area contributed by atoms with Crippen LogP contribution in [0.3, 0.4) is 0 Å². The normalized spacial score (nSPS) is 12.1. The van der Waals surface area contributed by atoms with Gasteiger partial charge in [-0.1, -0.05) is 164 Å². The number of benzene rings is 12. The predicted octanol–water partition coefficient (Wildman–Crippen LogP) is 15.7. The van der Waals surface area contributed by atoms with Crippen LogP contribution in [-0.2, 0) is 0 Å². The molecule has 0 bridgehead atoms. The monoisotopic (exact) mass is 734 g/mol. The van der Waals surface area contributed by atoms with E-state index in [0.717, 1.165) is 22.7 Å². The first-order valence-corrected chi connectivity index (χ1v) is 20.1. The predicted molar refractivity (Wildman–Crippen MR) is 248 cm³/mol. The van der Waals surface area contributed by atoms with Crippen LogP contribution in [0.4, 0.5) is 17.1 Å². The summed E-state index contributed by atoms with van der Waals surface area (Å²) in [7, 11) is 0. The maximum absolute atomic E-state index is 2.52. The molecule has 0 amide bonds. The lowest BCUT2D eigenvalue weighted by molar-refractivity contribution is 1.18. The lowest BCUT2D eigenvalue weighted by Gasteiger charge is -2.30. The van der Waals surface area contributed by atoms with Gasteiger partial charge in [0.05, 0.1) is 22.4 Å². The van der Waals surface area contributed by atoms with Crippen molar-refractivity contribution in [2.24, 2.45) is 0 Å². The maximum atomic E-state index is 2.52. The zero-order valence-electron chi connectivity index (χ0n) is 31.5. The van der Waals surface area contributed by atoms with Gasteiger partial charge < -0.3 is 9.47 Å². The molecule has 0 N–H and O–H groups in total. The van der Waals surface area contributed by atoms with Crippen molar-refractivity contribution in [1.82, 2.24) is 4.57 Å². The summed E-state index contributed by atoms with van der Waals surface area (Å²) in [5, 5.41) is 17.8. The Hall–Kier alpha value is -7.68. The summed E-state index contributed by atoms with van der Waals surface area (Å²) in [5.74, 6) is 0. The molecule has 0 aliphatic heterocycles. The fourth-order valence-electron chi connectivity index (χ4n) is 10.1. The summed E-state index contributed by atoms with van der Waals surface area (Å²) in [6.45, 7) is 0. The van der Waals surface area contributed by atoms with Crippen molar-refractivity contribution in [3.05, 3.63) is 206 Å². The summed E-state index contributed by atoms with van der Waals surface area (Å²) in [5.41, 5.74) is 9.38. The van der Waals surface area contributed by atoms with Crippen molar-refractivity contribution in [3.63, 3.8) is 0 Å². The molecule has 268 valence electrons. The molecule has 12 aromatic carbocycles. The van der Waals surface area contributed by atoms with E-state index in [-0.39, 0.29) is 0 Å². The van der Waals surface area contributed by atoms with Crippen LogP contribution in [0.5, 0.6) is 0 Å². The smallest absolute Gasteiger partial charge is 0.0619 e. The minimum Gasteiger partial charge on any atom is -0.309 e. The van der Waals surface area contributed by atoms with Crippen molar-refractivity contribution >= 4 is 104 Å². The topological polar surface area (TPSA) is 8.17 Å². The molecule has 2 nitrogen and oxygen atoms in total. The van der Waals surface area contributed by atoms with Gasteiger partial charge in [-0.25, -0.2) is 0 Å². The molecular weight excluding hydrogens is 701 g/mol. The van der Waals surface area contributed by atoms with Crippen molar-refractivity contribution in [2.75, 3.05) is 4.90 Å². The molecule has 0 atom stereocenters. The molecule has 0 radical (unpaired) electrons. The van der Waals surface area contributed by atoms with Gasteiger partial charge in [0, 0.05) is 38.5 Å². The highest BCUT2D eigenvalue weighted by molar-refractivity contribution is 6.28. The van der Waals surface area contributed by atoms with Gasteiger partial charge in [0.1, 0.15) is 0 Å². The maximum Gasteiger partial charge on any atom is 0.0619 e. The first-order chi connectivity index (χ1) is 28.8. The number of nitrogens with zero attached hydrogens (tertiary/aromatic N) is 2. The van der Waals surface area contributed by atoms with E-state index in [1.165, 1.54) is 97.6 Å². The van der Waals surface area contributed by atoms with Crippen LogP contribution in [0.1, 0.15) is 0 Å². The molecule has 0 saturated heterocycles.